The monoisotopic (exact) mass is 418 g/mol. The van der Waals surface area contributed by atoms with Crippen molar-refractivity contribution in [3.63, 3.8) is 0 Å². The number of halogens is 1. The van der Waals surface area contributed by atoms with Gasteiger partial charge in [-0.15, -0.1) is 0 Å². The van der Waals surface area contributed by atoms with E-state index in [1.807, 2.05) is 12.1 Å². The minimum absolute atomic E-state index is 0.0945. The molecule has 4 rings (SSSR count). The van der Waals surface area contributed by atoms with E-state index in [4.69, 9.17) is 0 Å². The van der Waals surface area contributed by atoms with Crippen molar-refractivity contribution in [1.29, 1.82) is 0 Å². The summed E-state index contributed by atoms with van der Waals surface area (Å²) in [4.78, 5) is 31.8. The summed E-state index contributed by atoms with van der Waals surface area (Å²) in [5.41, 5.74) is 1.90. The molecule has 3 aromatic rings. The highest BCUT2D eigenvalue weighted by Gasteiger charge is 2.26. The molecule has 158 valence electrons. The smallest absolute Gasteiger partial charge is 0.257 e. The molecule has 2 heterocycles. The summed E-state index contributed by atoms with van der Waals surface area (Å²) >= 11 is 0. The Labute approximate surface area is 180 Å². The van der Waals surface area contributed by atoms with Gasteiger partial charge < -0.3 is 15.5 Å². The van der Waals surface area contributed by atoms with Gasteiger partial charge in [-0.2, -0.15) is 0 Å². The maximum atomic E-state index is 13.9. The Balaban J connectivity index is 1.40. The van der Waals surface area contributed by atoms with Crippen LogP contribution in [-0.2, 0) is 4.79 Å². The quantitative estimate of drug-likeness (QED) is 0.647. The molecule has 0 aliphatic carbocycles. The van der Waals surface area contributed by atoms with Crippen molar-refractivity contribution in [1.82, 2.24) is 4.98 Å². The van der Waals surface area contributed by atoms with Crippen molar-refractivity contribution in [3.8, 4) is 0 Å². The summed E-state index contributed by atoms with van der Waals surface area (Å²) in [7, 11) is 0. The first-order valence-corrected chi connectivity index (χ1v) is 10.2. The second kappa shape index (κ2) is 9.38. The fourth-order valence-electron chi connectivity index (χ4n) is 3.73. The molecule has 7 heteroatoms. The number of carbonyl (C=O) groups excluding carboxylic acids is 2. The van der Waals surface area contributed by atoms with Crippen LogP contribution in [0, 0.1) is 11.7 Å². The topological polar surface area (TPSA) is 74.3 Å². The second-order valence-electron chi connectivity index (χ2n) is 7.44. The Morgan fingerprint density at radius 2 is 1.52 bits per heavy atom. The van der Waals surface area contributed by atoms with Crippen LogP contribution in [0.4, 0.5) is 21.5 Å². The third-order valence-corrected chi connectivity index (χ3v) is 5.45. The number of para-hydroxylation sites is 2. The lowest BCUT2D eigenvalue weighted by molar-refractivity contribution is -0.120. The lowest BCUT2D eigenvalue weighted by Crippen LogP contribution is -2.38. The first-order chi connectivity index (χ1) is 15.1. The average Bonchev–Trinajstić information content (AvgIpc) is 2.81. The van der Waals surface area contributed by atoms with Crippen molar-refractivity contribution in [2.75, 3.05) is 28.6 Å². The largest absolute Gasteiger partial charge is 0.371 e. The molecule has 0 radical (unpaired) electrons. The van der Waals surface area contributed by atoms with Crippen molar-refractivity contribution < 1.29 is 14.0 Å². The van der Waals surface area contributed by atoms with Crippen LogP contribution in [0.3, 0.4) is 0 Å². The minimum atomic E-state index is -0.515. The van der Waals surface area contributed by atoms with E-state index in [0.717, 1.165) is 31.6 Å². The molecule has 1 fully saturated rings. The SMILES string of the molecule is O=C(Nc1ccccc1F)c1ccccc1NC(=O)C1CCN(c2ccncc2)CC1. The van der Waals surface area contributed by atoms with E-state index in [9.17, 15) is 14.0 Å². The van der Waals surface area contributed by atoms with Gasteiger partial charge in [0.15, 0.2) is 0 Å². The van der Waals surface area contributed by atoms with Crippen LogP contribution in [0.25, 0.3) is 0 Å². The summed E-state index contributed by atoms with van der Waals surface area (Å²) in [5, 5.41) is 5.46. The van der Waals surface area contributed by atoms with Gasteiger partial charge in [0.05, 0.1) is 16.9 Å². The molecule has 1 saturated heterocycles. The van der Waals surface area contributed by atoms with Crippen molar-refractivity contribution in [2.45, 2.75) is 12.8 Å². The normalized spacial score (nSPS) is 14.2. The maximum absolute atomic E-state index is 13.9. The van der Waals surface area contributed by atoms with Gasteiger partial charge in [-0.3, -0.25) is 14.6 Å². The predicted molar refractivity (Wildman–Crippen MR) is 119 cm³/mol. The molecule has 0 atom stereocenters. The van der Waals surface area contributed by atoms with Crippen LogP contribution in [0.1, 0.15) is 23.2 Å². The zero-order valence-electron chi connectivity index (χ0n) is 16.9. The van der Waals surface area contributed by atoms with Gasteiger partial charge in [0.1, 0.15) is 5.82 Å². The number of carbonyl (C=O) groups is 2. The van der Waals surface area contributed by atoms with E-state index in [-0.39, 0.29) is 23.1 Å². The summed E-state index contributed by atoms with van der Waals surface area (Å²) in [5.74, 6) is -1.24. The third kappa shape index (κ3) is 4.88. The van der Waals surface area contributed by atoms with E-state index < -0.39 is 11.7 Å². The van der Waals surface area contributed by atoms with Gasteiger partial charge in [0, 0.05) is 37.1 Å². The molecule has 0 bridgehead atoms. The van der Waals surface area contributed by atoms with Gasteiger partial charge in [0.25, 0.3) is 5.91 Å². The molecule has 1 aliphatic rings. The third-order valence-electron chi connectivity index (χ3n) is 5.45. The summed E-state index contributed by atoms with van der Waals surface area (Å²) < 4.78 is 13.9. The second-order valence-corrected chi connectivity index (χ2v) is 7.44. The molecule has 6 nitrogen and oxygen atoms in total. The molecule has 31 heavy (non-hydrogen) atoms. The molecule has 1 aliphatic heterocycles. The van der Waals surface area contributed by atoms with Gasteiger partial charge in [-0.05, 0) is 49.2 Å². The number of amides is 2. The molecule has 0 saturated carbocycles. The number of piperidine rings is 1. The van der Waals surface area contributed by atoms with Crippen LogP contribution in [-0.4, -0.2) is 29.9 Å². The standard InChI is InChI=1S/C24H23FN4O2/c25-20-6-2-4-8-22(20)28-24(31)19-5-1-3-7-21(19)27-23(30)17-11-15-29(16-12-17)18-9-13-26-14-10-18/h1-10,13-14,17H,11-12,15-16H2,(H,27,30)(H,28,31). The summed E-state index contributed by atoms with van der Waals surface area (Å²) in [6, 6.07) is 16.6. The Bertz CT molecular complexity index is 1070. The lowest BCUT2D eigenvalue weighted by Gasteiger charge is -2.33. The number of rotatable bonds is 5. The van der Waals surface area contributed by atoms with Gasteiger partial charge >= 0.3 is 0 Å². The molecule has 0 spiro atoms. The minimum Gasteiger partial charge on any atom is -0.371 e. The molecular formula is C24H23FN4O2. The summed E-state index contributed by atoms with van der Waals surface area (Å²) in [6.45, 7) is 1.55. The maximum Gasteiger partial charge on any atom is 0.257 e. The van der Waals surface area contributed by atoms with E-state index in [1.165, 1.54) is 12.1 Å². The Hall–Kier alpha value is -3.74. The van der Waals surface area contributed by atoms with Crippen LogP contribution in [0.5, 0.6) is 0 Å². The molecule has 0 unspecified atom stereocenters. The van der Waals surface area contributed by atoms with Crippen LogP contribution < -0.4 is 15.5 Å². The number of benzene rings is 2. The first-order valence-electron chi connectivity index (χ1n) is 10.2. The van der Waals surface area contributed by atoms with E-state index in [1.54, 1.807) is 48.8 Å². The Kier molecular flexibility index (Phi) is 6.21. The van der Waals surface area contributed by atoms with Crippen molar-refractivity contribution in [3.05, 3.63) is 84.4 Å². The lowest BCUT2D eigenvalue weighted by atomic mass is 9.95. The molecule has 1 aromatic heterocycles. The van der Waals surface area contributed by atoms with Crippen LogP contribution >= 0.6 is 0 Å². The highest BCUT2D eigenvalue weighted by molar-refractivity contribution is 6.10. The van der Waals surface area contributed by atoms with Crippen LogP contribution in [0.15, 0.2) is 73.1 Å². The number of nitrogens with zero attached hydrogens (tertiary/aromatic N) is 2. The average molecular weight is 418 g/mol. The number of hydrogen-bond acceptors (Lipinski definition) is 4. The van der Waals surface area contributed by atoms with Gasteiger partial charge in [0.2, 0.25) is 5.91 Å². The highest BCUT2D eigenvalue weighted by atomic mass is 19.1. The van der Waals surface area contributed by atoms with Gasteiger partial charge in [-0.25, -0.2) is 4.39 Å². The Morgan fingerprint density at radius 1 is 0.871 bits per heavy atom. The predicted octanol–water partition coefficient (Wildman–Crippen LogP) is 4.33. The number of pyridine rings is 1. The highest BCUT2D eigenvalue weighted by Crippen LogP contribution is 2.25. The number of anilines is 3. The fraction of sp³-hybridized carbons (Fsp3) is 0.208. The Morgan fingerprint density at radius 3 is 2.23 bits per heavy atom. The number of aromatic nitrogens is 1. The number of hydrogen-bond donors (Lipinski definition) is 2. The summed E-state index contributed by atoms with van der Waals surface area (Å²) in [6.07, 6.45) is 4.96. The van der Waals surface area contributed by atoms with E-state index in [0.29, 0.717) is 5.69 Å². The van der Waals surface area contributed by atoms with Crippen molar-refractivity contribution >= 4 is 28.9 Å². The van der Waals surface area contributed by atoms with Crippen LogP contribution in [0.2, 0.25) is 0 Å². The molecule has 2 N–H and O–H groups in total. The zero-order chi connectivity index (χ0) is 21.6. The fourth-order valence-corrected chi connectivity index (χ4v) is 3.73. The zero-order valence-corrected chi connectivity index (χ0v) is 16.9. The molecule has 2 aromatic carbocycles. The number of nitrogens with one attached hydrogen (secondary N) is 2. The van der Waals surface area contributed by atoms with E-state index in [2.05, 4.69) is 20.5 Å². The van der Waals surface area contributed by atoms with E-state index >= 15 is 0 Å². The van der Waals surface area contributed by atoms with Crippen molar-refractivity contribution in [2.24, 2.45) is 5.92 Å². The molecule has 2 amide bonds. The molecular weight excluding hydrogens is 395 g/mol. The first kappa shape index (κ1) is 20.5. The van der Waals surface area contributed by atoms with Gasteiger partial charge in [-0.1, -0.05) is 24.3 Å².